The van der Waals surface area contributed by atoms with E-state index in [-0.39, 0.29) is 16.4 Å². The fourth-order valence-corrected chi connectivity index (χ4v) is 3.63. The van der Waals surface area contributed by atoms with E-state index in [2.05, 4.69) is 9.97 Å². The number of imidazole rings is 1. The Balaban J connectivity index is 1.78. The SMILES string of the molecule is O=C(NC(c1ccccn1)C(F)(F)F)c1nc(-c2ccc(Cl)cc2Cl)n2ccccc12. The summed E-state index contributed by atoms with van der Waals surface area (Å²) in [5.41, 5.74) is 0.297. The van der Waals surface area contributed by atoms with E-state index in [9.17, 15) is 18.0 Å². The molecule has 4 rings (SSSR count). The van der Waals surface area contributed by atoms with E-state index in [0.717, 1.165) is 0 Å². The Hall–Kier alpha value is -3.10. The van der Waals surface area contributed by atoms with E-state index in [4.69, 9.17) is 23.2 Å². The lowest BCUT2D eigenvalue weighted by molar-refractivity contribution is -0.156. The number of hydrogen-bond donors (Lipinski definition) is 1. The molecular weight excluding hydrogens is 452 g/mol. The summed E-state index contributed by atoms with van der Waals surface area (Å²) in [6.07, 6.45) is -1.88. The predicted molar refractivity (Wildman–Crippen MR) is 111 cm³/mol. The molecule has 0 spiro atoms. The number of benzene rings is 1. The smallest absolute Gasteiger partial charge is 0.334 e. The number of rotatable bonds is 4. The Morgan fingerprint density at radius 1 is 1.06 bits per heavy atom. The first-order valence-corrected chi connectivity index (χ1v) is 9.72. The summed E-state index contributed by atoms with van der Waals surface area (Å²) in [5.74, 6) is -0.697. The topological polar surface area (TPSA) is 59.3 Å². The maximum atomic E-state index is 13.6. The summed E-state index contributed by atoms with van der Waals surface area (Å²) in [6.45, 7) is 0. The summed E-state index contributed by atoms with van der Waals surface area (Å²) in [4.78, 5) is 21.0. The molecule has 3 heterocycles. The molecule has 0 aliphatic heterocycles. The maximum absolute atomic E-state index is 13.6. The summed E-state index contributed by atoms with van der Waals surface area (Å²) < 4.78 is 42.5. The average molecular weight is 465 g/mol. The van der Waals surface area contributed by atoms with Gasteiger partial charge in [-0.15, -0.1) is 0 Å². The minimum atomic E-state index is -4.75. The number of carbonyl (C=O) groups is 1. The molecule has 1 atom stereocenters. The molecule has 0 aliphatic carbocycles. The Bertz CT molecular complexity index is 1260. The van der Waals surface area contributed by atoms with Crippen LogP contribution in [0.25, 0.3) is 16.9 Å². The fraction of sp³-hybridized carbons (Fsp3) is 0.0952. The highest BCUT2D eigenvalue weighted by atomic mass is 35.5. The van der Waals surface area contributed by atoms with Gasteiger partial charge in [0, 0.05) is 23.0 Å². The molecule has 10 heteroatoms. The number of carbonyl (C=O) groups excluding carboxylic acids is 1. The zero-order valence-electron chi connectivity index (χ0n) is 15.6. The normalized spacial score (nSPS) is 12.7. The number of fused-ring (bicyclic) bond motifs is 1. The molecule has 4 aromatic rings. The monoisotopic (exact) mass is 464 g/mol. The van der Waals surface area contributed by atoms with Gasteiger partial charge in [-0.25, -0.2) is 4.98 Å². The quantitative estimate of drug-likeness (QED) is 0.419. The second-order valence-corrected chi connectivity index (χ2v) is 7.41. The minimum Gasteiger partial charge on any atom is -0.334 e. The Morgan fingerprint density at radius 2 is 1.84 bits per heavy atom. The van der Waals surface area contributed by atoms with Crippen LogP contribution in [-0.2, 0) is 0 Å². The predicted octanol–water partition coefficient (Wildman–Crippen LogP) is 5.74. The van der Waals surface area contributed by atoms with Crippen molar-refractivity contribution in [1.82, 2.24) is 19.7 Å². The minimum absolute atomic E-state index is 0.174. The number of nitrogens with one attached hydrogen (secondary N) is 1. The molecule has 3 aromatic heterocycles. The van der Waals surface area contributed by atoms with Crippen LogP contribution < -0.4 is 5.32 Å². The lowest BCUT2D eigenvalue weighted by atomic mass is 10.1. The van der Waals surface area contributed by atoms with Crippen molar-refractivity contribution < 1.29 is 18.0 Å². The zero-order chi connectivity index (χ0) is 22.2. The van der Waals surface area contributed by atoms with Gasteiger partial charge in [0.05, 0.1) is 16.2 Å². The Labute approximate surface area is 184 Å². The third-order valence-corrected chi connectivity index (χ3v) is 5.07. The highest BCUT2D eigenvalue weighted by Crippen LogP contribution is 2.33. The van der Waals surface area contributed by atoms with Crippen LogP contribution in [0, 0.1) is 0 Å². The van der Waals surface area contributed by atoms with Gasteiger partial charge in [0.2, 0.25) is 0 Å². The first kappa shape index (κ1) is 21.1. The summed E-state index contributed by atoms with van der Waals surface area (Å²) >= 11 is 12.2. The molecule has 0 bridgehead atoms. The molecule has 0 fully saturated rings. The molecule has 0 saturated heterocycles. The van der Waals surface area contributed by atoms with E-state index >= 15 is 0 Å². The molecule has 1 amide bonds. The van der Waals surface area contributed by atoms with Crippen LogP contribution >= 0.6 is 23.2 Å². The van der Waals surface area contributed by atoms with Gasteiger partial charge < -0.3 is 5.32 Å². The number of pyridine rings is 2. The highest BCUT2D eigenvalue weighted by molar-refractivity contribution is 6.36. The molecule has 158 valence electrons. The van der Waals surface area contributed by atoms with E-state index in [1.807, 2.05) is 5.32 Å². The second kappa shape index (κ2) is 8.20. The number of amides is 1. The van der Waals surface area contributed by atoms with Crippen molar-refractivity contribution in [2.75, 3.05) is 0 Å². The van der Waals surface area contributed by atoms with Gasteiger partial charge >= 0.3 is 6.18 Å². The van der Waals surface area contributed by atoms with Crippen LogP contribution in [0.15, 0.2) is 67.0 Å². The molecule has 1 N–H and O–H groups in total. The lowest BCUT2D eigenvalue weighted by Crippen LogP contribution is -2.38. The fourth-order valence-electron chi connectivity index (χ4n) is 3.14. The van der Waals surface area contributed by atoms with Crippen LogP contribution in [0.2, 0.25) is 10.0 Å². The van der Waals surface area contributed by atoms with Crippen molar-refractivity contribution >= 4 is 34.6 Å². The van der Waals surface area contributed by atoms with Crippen molar-refractivity contribution in [3.8, 4) is 11.4 Å². The van der Waals surface area contributed by atoms with Crippen LogP contribution in [0.3, 0.4) is 0 Å². The molecule has 1 aromatic carbocycles. The van der Waals surface area contributed by atoms with E-state index in [1.54, 1.807) is 40.9 Å². The third-order valence-electron chi connectivity index (χ3n) is 4.52. The van der Waals surface area contributed by atoms with Crippen LogP contribution in [0.4, 0.5) is 13.2 Å². The lowest BCUT2D eigenvalue weighted by Gasteiger charge is -2.20. The van der Waals surface area contributed by atoms with Gasteiger partial charge in [-0.1, -0.05) is 35.3 Å². The maximum Gasteiger partial charge on any atom is 0.414 e. The van der Waals surface area contributed by atoms with Gasteiger partial charge in [-0.05, 0) is 42.5 Å². The van der Waals surface area contributed by atoms with Crippen molar-refractivity contribution in [2.45, 2.75) is 12.2 Å². The van der Waals surface area contributed by atoms with Gasteiger partial charge in [0.25, 0.3) is 5.91 Å². The zero-order valence-corrected chi connectivity index (χ0v) is 17.1. The molecule has 0 saturated carbocycles. The van der Waals surface area contributed by atoms with E-state index < -0.39 is 18.1 Å². The molecule has 31 heavy (non-hydrogen) atoms. The van der Waals surface area contributed by atoms with Crippen LogP contribution in [-0.4, -0.2) is 26.5 Å². The van der Waals surface area contributed by atoms with Gasteiger partial charge in [-0.2, -0.15) is 13.2 Å². The number of halogens is 5. The average Bonchev–Trinajstić information content (AvgIpc) is 3.11. The van der Waals surface area contributed by atoms with Crippen molar-refractivity contribution in [3.63, 3.8) is 0 Å². The van der Waals surface area contributed by atoms with Crippen molar-refractivity contribution in [1.29, 1.82) is 0 Å². The number of alkyl halides is 3. The molecule has 1 unspecified atom stereocenters. The largest absolute Gasteiger partial charge is 0.414 e. The third kappa shape index (κ3) is 4.22. The van der Waals surface area contributed by atoms with E-state index in [0.29, 0.717) is 21.9 Å². The first-order chi connectivity index (χ1) is 14.8. The van der Waals surface area contributed by atoms with Crippen molar-refractivity contribution in [3.05, 3.63) is 88.4 Å². The highest BCUT2D eigenvalue weighted by Gasteiger charge is 2.43. The first-order valence-electron chi connectivity index (χ1n) is 8.96. The number of nitrogens with zero attached hydrogens (tertiary/aromatic N) is 3. The Morgan fingerprint density at radius 3 is 2.52 bits per heavy atom. The summed E-state index contributed by atoms with van der Waals surface area (Å²) in [7, 11) is 0. The standard InChI is InChI=1S/C21H13Cl2F3N4O/c22-12-7-8-13(14(23)11-12)19-28-17(16-6-2-4-10-30(16)19)20(31)29-18(21(24,25)26)15-5-1-3-9-27-15/h1-11,18H,(H,29,31). The number of hydrogen-bond acceptors (Lipinski definition) is 3. The molecule has 0 aliphatic rings. The van der Waals surface area contributed by atoms with E-state index in [1.165, 1.54) is 30.5 Å². The van der Waals surface area contributed by atoms with Gasteiger partial charge in [-0.3, -0.25) is 14.2 Å². The molecule has 5 nitrogen and oxygen atoms in total. The summed E-state index contributed by atoms with van der Waals surface area (Å²) in [6, 6.07) is 11.5. The Kier molecular flexibility index (Phi) is 5.60. The van der Waals surface area contributed by atoms with Crippen LogP contribution in [0.5, 0.6) is 0 Å². The van der Waals surface area contributed by atoms with Gasteiger partial charge in [0.1, 0.15) is 5.82 Å². The summed E-state index contributed by atoms with van der Waals surface area (Å²) in [5, 5.41) is 2.72. The van der Waals surface area contributed by atoms with Crippen LogP contribution in [0.1, 0.15) is 22.2 Å². The molecular formula is C21H13Cl2F3N4O. The molecule has 0 radical (unpaired) electrons. The number of aromatic nitrogens is 3. The second-order valence-electron chi connectivity index (χ2n) is 6.57. The van der Waals surface area contributed by atoms with Gasteiger partial charge in [0.15, 0.2) is 11.7 Å². The van der Waals surface area contributed by atoms with Crippen molar-refractivity contribution in [2.24, 2.45) is 0 Å².